The molecule has 1 aliphatic rings. The molecule has 1 aliphatic heterocycles. The minimum Gasteiger partial charge on any atom is -0.355 e. The molecule has 10 heteroatoms. The number of amides is 1. The minimum atomic E-state index is -0.333. The van der Waals surface area contributed by atoms with E-state index in [1.807, 2.05) is 10.9 Å². The predicted molar refractivity (Wildman–Crippen MR) is 112 cm³/mol. The van der Waals surface area contributed by atoms with Crippen LogP contribution in [0, 0.1) is 0 Å². The van der Waals surface area contributed by atoms with Gasteiger partial charge < -0.3 is 10.2 Å². The number of aromatic nitrogens is 4. The number of hydroxylamine groups is 1. The van der Waals surface area contributed by atoms with Gasteiger partial charge in [0.1, 0.15) is 5.02 Å². The molecule has 1 fully saturated rings. The highest BCUT2D eigenvalue weighted by molar-refractivity contribution is 6.32. The Labute approximate surface area is 175 Å². The van der Waals surface area contributed by atoms with Crippen LogP contribution in [-0.2, 0) is 11.3 Å². The Morgan fingerprint density at radius 3 is 2.72 bits per heavy atom. The van der Waals surface area contributed by atoms with Gasteiger partial charge in [0, 0.05) is 32.3 Å². The molecule has 0 aliphatic carbocycles. The van der Waals surface area contributed by atoms with Crippen molar-refractivity contribution in [2.75, 3.05) is 23.3 Å². The zero-order valence-corrected chi connectivity index (χ0v) is 17.2. The number of piperidine rings is 1. The van der Waals surface area contributed by atoms with Crippen LogP contribution in [0.3, 0.4) is 0 Å². The van der Waals surface area contributed by atoms with E-state index in [2.05, 4.69) is 25.3 Å². The molecule has 3 rings (SSSR count). The van der Waals surface area contributed by atoms with Gasteiger partial charge >= 0.3 is 0 Å². The van der Waals surface area contributed by atoms with Crippen LogP contribution in [0.5, 0.6) is 0 Å². The number of hydrogen-bond acceptors (Lipinski definition) is 7. The van der Waals surface area contributed by atoms with Crippen molar-refractivity contribution < 1.29 is 10.0 Å². The molecule has 29 heavy (non-hydrogen) atoms. The zero-order valence-electron chi connectivity index (χ0n) is 16.5. The first-order valence-corrected chi connectivity index (χ1v) is 10.5. The highest BCUT2D eigenvalue weighted by Crippen LogP contribution is 2.27. The van der Waals surface area contributed by atoms with Gasteiger partial charge in [-0.25, -0.2) is 10.5 Å². The van der Waals surface area contributed by atoms with E-state index < -0.39 is 0 Å². The molecular weight excluding hydrogens is 394 g/mol. The molecule has 3 N–H and O–H groups in total. The van der Waals surface area contributed by atoms with E-state index in [4.69, 9.17) is 16.8 Å². The lowest BCUT2D eigenvalue weighted by atomic mass is 10.1. The molecule has 3 heterocycles. The predicted octanol–water partition coefficient (Wildman–Crippen LogP) is 3.52. The summed E-state index contributed by atoms with van der Waals surface area (Å²) in [5.41, 5.74) is 2.48. The van der Waals surface area contributed by atoms with Crippen LogP contribution >= 0.6 is 11.6 Å². The Morgan fingerprint density at radius 1 is 1.14 bits per heavy atom. The highest BCUT2D eigenvalue weighted by Gasteiger charge is 2.16. The summed E-state index contributed by atoms with van der Waals surface area (Å²) in [5.74, 6) is 0.962. The number of anilines is 3. The van der Waals surface area contributed by atoms with E-state index in [1.165, 1.54) is 6.42 Å². The Kier molecular flexibility index (Phi) is 8.06. The fraction of sp³-hybridized carbons (Fsp3) is 0.579. The van der Waals surface area contributed by atoms with Crippen molar-refractivity contribution in [2.24, 2.45) is 0 Å². The SMILES string of the molecule is O=C(CCCCCCn1cc(Nc2ncc(Cl)c(N3CCCCC3)n2)cn1)NO. The number of nitrogens with one attached hydrogen (secondary N) is 2. The summed E-state index contributed by atoms with van der Waals surface area (Å²) in [7, 11) is 0. The Bertz CT molecular complexity index is 793. The van der Waals surface area contributed by atoms with Crippen LogP contribution in [0.4, 0.5) is 17.5 Å². The molecule has 9 nitrogen and oxygen atoms in total. The van der Waals surface area contributed by atoms with Crippen LogP contribution in [0.15, 0.2) is 18.6 Å². The lowest BCUT2D eigenvalue weighted by molar-refractivity contribution is -0.129. The number of carbonyl (C=O) groups excluding carboxylic acids is 1. The molecule has 2 aromatic rings. The molecule has 1 amide bonds. The van der Waals surface area contributed by atoms with Crippen molar-refractivity contribution in [3.8, 4) is 0 Å². The fourth-order valence-corrected chi connectivity index (χ4v) is 3.60. The first kappa shape index (κ1) is 21.3. The van der Waals surface area contributed by atoms with Gasteiger partial charge in [0.05, 0.1) is 18.1 Å². The summed E-state index contributed by atoms with van der Waals surface area (Å²) >= 11 is 6.31. The van der Waals surface area contributed by atoms with Crippen molar-refractivity contribution in [2.45, 2.75) is 57.9 Å². The molecule has 158 valence electrons. The largest absolute Gasteiger partial charge is 0.355 e. The molecular formula is C19H28ClN7O2. The Hall–Kier alpha value is -2.39. The number of carbonyl (C=O) groups is 1. The Balaban J connectivity index is 1.46. The van der Waals surface area contributed by atoms with Crippen molar-refractivity contribution in [1.29, 1.82) is 0 Å². The van der Waals surface area contributed by atoms with Gasteiger partial charge in [-0.3, -0.25) is 14.7 Å². The molecule has 0 atom stereocenters. The van der Waals surface area contributed by atoms with E-state index in [9.17, 15) is 4.79 Å². The smallest absolute Gasteiger partial charge is 0.243 e. The molecule has 0 bridgehead atoms. The molecule has 0 saturated carbocycles. The lowest BCUT2D eigenvalue weighted by Crippen LogP contribution is -2.30. The third-order valence-corrected chi connectivity index (χ3v) is 5.20. The number of aryl methyl sites for hydroxylation is 1. The van der Waals surface area contributed by atoms with Crippen LogP contribution < -0.4 is 15.7 Å². The third-order valence-electron chi connectivity index (χ3n) is 4.94. The van der Waals surface area contributed by atoms with E-state index in [0.717, 1.165) is 69.7 Å². The van der Waals surface area contributed by atoms with E-state index in [-0.39, 0.29) is 5.91 Å². The standard InChI is InChI=1S/C19H28ClN7O2/c20-16-13-21-19(24-18(16)26-9-5-3-6-10-26)23-15-12-22-27(14-15)11-7-2-1-4-8-17(28)25-29/h12-14,29H,1-11H2,(H,25,28)(H,21,23,24). The van der Waals surface area contributed by atoms with Crippen molar-refractivity contribution in [1.82, 2.24) is 25.2 Å². The van der Waals surface area contributed by atoms with Crippen LogP contribution in [0.25, 0.3) is 0 Å². The third kappa shape index (κ3) is 6.57. The van der Waals surface area contributed by atoms with Gasteiger partial charge in [-0.05, 0) is 32.1 Å². The van der Waals surface area contributed by atoms with Gasteiger partial charge in [-0.15, -0.1) is 0 Å². The summed E-state index contributed by atoms with van der Waals surface area (Å²) in [5, 5.41) is 16.6. The number of rotatable bonds is 10. The maximum absolute atomic E-state index is 10.9. The molecule has 1 saturated heterocycles. The molecule has 2 aromatic heterocycles. The second-order valence-corrected chi connectivity index (χ2v) is 7.64. The quantitative estimate of drug-likeness (QED) is 0.306. The second-order valence-electron chi connectivity index (χ2n) is 7.23. The minimum absolute atomic E-state index is 0.333. The number of halogens is 1. The maximum Gasteiger partial charge on any atom is 0.243 e. The van der Waals surface area contributed by atoms with Gasteiger partial charge in [0.15, 0.2) is 5.82 Å². The van der Waals surface area contributed by atoms with Crippen molar-refractivity contribution >= 4 is 35.0 Å². The number of nitrogens with zero attached hydrogens (tertiary/aromatic N) is 5. The lowest BCUT2D eigenvalue weighted by Gasteiger charge is -2.28. The molecule has 0 unspecified atom stereocenters. The number of hydrogen-bond donors (Lipinski definition) is 3. The second kappa shape index (κ2) is 11.0. The summed E-state index contributed by atoms with van der Waals surface area (Å²) in [6.07, 6.45) is 12.9. The normalized spacial score (nSPS) is 14.1. The summed E-state index contributed by atoms with van der Waals surface area (Å²) in [4.78, 5) is 22.0. The maximum atomic E-state index is 10.9. The first-order valence-electron chi connectivity index (χ1n) is 10.2. The van der Waals surface area contributed by atoms with Crippen molar-refractivity contribution in [3.63, 3.8) is 0 Å². The molecule has 0 aromatic carbocycles. The fourth-order valence-electron chi connectivity index (χ4n) is 3.39. The summed E-state index contributed by atoms with van der Waals surface area (Å²) in [6.45, 7) is 2.74. The van der Waals surface area contributed by atoms with Gasteiger partial charge in [-0.2, -0.15) is 10.1 Å². The molecule has 0 spiro atoms. The summed E-state index contributed by atoms with van der Waals surface area (Å²) < 4.78 is 1.88. The topological polar surface area (TPSA) is 108 Å². The van der Waals surface area contributed by atoms with E-state index >= 15 is 0 Å². The van der Waals surface area contributed by atoms with Crippen LogP contribution in [-0.4, -0.2) is 44.0 Å². The van der Waals surface area contributed by atoms with E-state index in [1.54, 1.807) is 17.9 Å². The van der Waals surface area contributed by atoms with Gasteiger partial charge in [0.25, 0.3) is 0 Å². The van der Waals surface area contributed by atoms with Crippen LogP contribution in [0.2, 0.25) is 5.02 Å². The summed E-state index contributed by atoms with van der Waals surface area (Å²) in [6, 6.07) is 0. The van der Waals surface area contributed by atoms with Gasteiger partial charge in [0.2, 0.25) is 11.9 Å². The number of unbranched alkanes of at least 4 members (excludes halogenated alkanes) is 3. The highest BCUT2D eigenvalue weighted by atomic mass is 35.5. The average molecular weight is 422 g/mol. The zero-order chi connectivity index (χ0) is 20.5. The van der Waals surface area contributed by atoms with Crippen molar-refractivity contribution in [3.05, 3.63) is 23.6 Å². The first-order chi connectivity index (χ1) is 14.2. The molecule has 0 radical (unpaired) electrons. The Morgan fingerprint density at radius 2 is 1.93 bits per heavy atom. The average Bonchev–Trinajstić information content (AvgIpc) is 3.19. The van der Waals surface area contributed by atoms with Gasteiger partial charge in [-0.1, -0.05) is 24.4 Å². The monoisotopic (exact) mass is 421 g/mol. The van der Waals surface area contributed by atoms with E-state index in [0.29, 0.717) is 17.4 Å². The van der Waals surface area contributed by atoms with Crippen LogP contribution in [0.1, 0.15) is 51.4 Å².